The molecule has 0 aliphatic heterocycles. The van der Waals surface area contributed by atoms with Gasteiger partial charge < -0.3 is 10.1 Å². The number of para-hydroxylation sites is 1. The molecule has 0 saturated heterocycles. The van der Waals surface area contributed by atoms with Crippen molar-refractivity contribution in [2.75, 3.05) is 6.61 Å². The van der Waals surface area contributed by atoms with Crippen molar-refractivity contribution < 1.29 is 14.3 Å². The molecule has 1 amide bonds. The van der Waals surface area contributed by atoms with E-state index in [9.17, 15) is 14.4 Å². The average molecular weight is 483 g/mol. The number of pyridine rings is 1. The number of carbonyl (C=O) groups is 2. The second kappa shape index (κ2) is 9.75. The van der Waals surface area contributed by atoms with Gasteiger partial charge >= 0.3 is 5.97 Å². The fourth-order valence-electron chi connectivity index (χ4n) is 3.41. The van der Waals surface area contributed by atoms with Gasteiger partial charge in [0, 0.05) is 21.9 Å². The van der Waals surface area contributed by atoms with E-state index in [1.807, 2.05) is 49.4 Å². The number of aryl methyl sites for hydroxylation is 1. The molecular formula is C24H23BrN2O4. The average Bonchev–Trinajstić information content (AvgIpc) is 2.73. The molecule has 0 aliphatic rings. The van der Waals surface area contributed by atoms with E-state index >= 15 is 0 Å². The molecule has 0 unspecified atom stereocenters. The molecule has 0 aliphatic carbocycles. The van der Waals surface area contributed by atoms with Gasteiger partial charge in [0.1, 0.15) is 0 Å². The van der Waals surface area contributed by atoms with Crippen LogP contribution in [0.5, 0.6) is 0 Å². The Bertz CT molecular complexity index is 1150. The first-order valence-electron chi connectivity index (χ1n) is 9.78. The van der Waals surface area contributed by atoms with Gasteiger partial charge in [0.05, 0.1) is 11.6 Å². The van der Waals surface area contributed by atoms with E-state index in [-0.39, 0.29) is 17.2 Å². The Morgan fingerprint density at radius 3 is 2.35 bits per heavy atom. The molecule has 160 valence electrons. The predicted octanol–water partition coefficient (Wildman–Crippen LogP) is 4.25. The van der Waals surface area contributed by atoms with Crippen LogP contribution in [0.4, 0.5) is 0 Å². The Hall–Kier alpha value is -3.19. The minimum atomic E-state index is -0.647. The number of esters is 1. The highest BCUT2D eigenvalue weighted by Crippen LogP contribution is 2.18. The fourth-order valence-corrected chi connectivity index (χ4v) is 3.68. The number of hydrogen-bond acceptors (Lipinski definition) is 4. The standard InChI is InChI=1S/C24H23BrN2O4/c1-15-13-22(29)27(20-7-5-4-6-8-20)17(3)23(15)24(30)31-14-21(28)26-16(2)18-9-11-19(25)12-10-18/h4-13,16H,14H2,1-3H3,(H,26,28)/t16-/m1/s1. The number of rotatable bonds is 6. The van der Waals surface area contributed by atoms with Crippen LogP contribution >= 0.6 is 15.9 Å². The summed E-state index contributed by atoms with van der Waals surface area (Å²) in [6.45, 7) is 4.81. The molecule has 1 heterocycles. The molecule has 3 aromatic rings. The van der Waals surface area contributed by atoms with Gasteiger partial charge in [-0.3, -0.25) is 14.2 Å². The number of hydrogen-bond donors (Lipinski definition) is 1. The number of carbonyl (C=O) groups excluding carboxylic acids is 2. The minimum Gasteiger partial charge on any atom is -0.452 e. The van der Waals surface area contributed by atoms with Gasteiger partial charge in [-0.05, 0) is 56.2 Å². The lowest BCUT2D eigenvalue weighted by atomic mass is 10.1. The Labute approximate surface area is 189 Å². The summed E-state index contributed by atoms with van der Waals surface area (Å²) in [5.41, 5.74) is 2.59. The molecule has 1 aromatic heterocycles. The quantitative estimate of drug-likeness (QED) is 0.532. The van der Waals surface area contributed by atoms with Gasteiger partial charge in [0.25, 0.3) is 11.5 Å². The smallest absolute Gasteiger partial charge is 0.340 e. The van der Waals surface area contributed by atoms with E-state index in [1.165, 1.54) is 10.6 Å². The van der Waals surface area contributed by atoms with E-state index in [1.54, 1.807) is 26.0 Å². The van der Waals surface area contributed by atoms with E-state index in [4.69, 9.17) is 4.74 Å². The zero-order valence-corrected chi connectivity index (χ0v) is 19.1. The van der Waals surface area contributed by atoms with Gasteiger partial charge in [-0.25, -0.2) is 4.79 Å². The summed E-state index contributed by atoms with van der Waals surface area (Å²) in [6.07, 6.45) is 0. The summed E-state index contributed by atoms with van der Waals surface area (Å²) < 4.78 is 7.67. The van der Waals surface area contributed by atoms with Crippen LogP contribution in [0, 0.1) is 13.8 Å². The first-order chi connectivity index (χ1) is 14.8. The van der Waals surface area contributed by atoms with Crippen molar-refractivity contribution in [2.45, 2.75) is 26.8 Å². The molecule has 0 bridgehead atoms. The first kappa shape index (κ1) is 22.5. The summed E-state index contributed by atoms with van der Waals surface area (Å²) in [6, 6.07) is 17.8. The Kier molecular flexibility index (Phi) is 7.07. The molecule has 1 N–H and O–H groups in total. The minimum absolute atomic E-state index is 0.234. The highest BCUT2D eigenvalue weighted by atomic mass is 79.9. The third-order valence-corrected chi connectivity index (χ3v) is 5.48. The Balaban J connectivity index is 1.72. The van der Waals surface area contributed by atoms with Crippen molar-refractivity contribution in [1.82, 2.24) is 9.88 Å². The highest BCUT2D eigenvalue weighted by molar-refractivity contribution is 9.10. The second-order valence-electron chi connectivity index (χ2n) is 7.21. The largest absolute Gasteiger partial charge is 0.452 e. The molecule has 1 atom stereocenters. The van der Waals surface area contributed by atoms with E-state index < -0.39 is 18.5 Å². The zero-order chi connectivity index (χ0) is 22.5. The summed E-state index contributed by atoms with van der Waals surface area (Å²) in [5.74, 6) is -1.05. The van der Waals surface area contributed by atoms with Crippen molar-refractivity contribution >= 4 is 27.8 Å². The maximum Gasteiger partial charge on any atom is 0.340 e. The van der Waals surface area contributed by atoms with E-state index in [0.29, 0.717) is 16.9 Å². The molecular weight excluding hydrogens is 460 g/mol. The number of aromatic nitrogens is 1. The Morgan fingerprint density at radius 1 is 1.06 bits per heavy atom. The van der Waals surface area contributed by atoms with Crippen molar-refractivity contribution in [3.8, 4) is 5.69 Å². The lowest BCUT2D eigenvalue weighted by Crippen LogP contribution is -2.32. The summed E-state index contributed by atoms with van der Waals surface area (Å²) in [7, 11) is 0. The van der Waals surface area contributed by atoms with Gasteiger partial charge in [-0.2, -0.15) is 0 Å². The van der Waals surface area contributed by atoms with Crippen LogP contribution in [0.2, 0.25) is 0 Å². The number of halogens is 1. The third kappa shape index (κ3) is 5.30. The lowest BCUT2D eigenvalue weighted by Gasteiger charge is -2.17. The SMILES string of the molecule is Cc1cc(=O)n(-c2ccccc2)c(C)c1C(=O)OCC(=O)N[C@H](C)c1ccc(Br)cc1. The fraction of sp³-hybridized carbons (Fsp3) is 0.208. The number of nitrogens with one attached hydrogen (secondary N) is 1. The monoisotopic (exact) mass is 482 g/mol. The molecule has 0 saturated carbocycles. The molecule has 2 aromatic carbocycles. The number of nitrogens with zero attached hydrogens (tertiary/aromatic N) is 1. The van der Waals surface area contributed by atoms with E-state index in [0.717, 1.165) is 10.0 Å². The van der Waals surface area contributed by atoms with Crippen LogP contribution in [-0.4, -0.2) is 23.1 Å². The summed E-state index contributed by atoms with van der Waals surface area (Å²) in [5, 5.41) is 2.81. The van der Waals surface area contributed by atoms with Crippen molar-refractivity contribution in [2.24, 2.45) is 0 Å². The molecule has 0 fully saturated rings. The molecule has 31 heavy (non-hydrogen) atoms. The van der Waals surface area contributed by atoms with Crippen molar-refractivity contribution in [1.29, 1.82) is 0 Å². The van der Waals surface area contributed by atoms with E-state index in [2.05, 4.69) is 21.2 Å². The van der Waals surface area contributed by atoms with Crippen LogP contribution in [0.25, 0.3) is 5.69 Å². The molecule has 7 heteroatoms. The maximum absolute atomic E-state index is 12.8. The summed E-state index contributed by atoms with van der Waals surface area (Å²) in [4.78, 5) is 37.6. The number of benzene rings is 2. The molecule has 6 nitrogen and oxygen atoms in total. The normalized spacial score (nSPS) is 11.6. The number of ether oxygens (including phenoxy) is 1. The van der Waals surface area contributed by atoms with Crippen molar-refractivity contribution in [3.63, 3.8) is 0 Å². The predicted molar refractivity (Wildman–Crippen MR) is 122 cm³/mol. The maximum atomic E-state index is 12.8. The molecule has 0 radical (unpaired) electrons. The first-order valence-corrected chi connectivity index (χ1v) is 10.6. The molecule has 0 spiro atoms. The van der Waals surface area contributed by atoms with Crippen molar-refractivity contribution in [3.05, 3.63) is 97.9 Å². The lowest BCUT2D eigenvalue weighted by molar-refractivity contribution is -0.124. The topological polar surface area (TPSA) is 77.4 Å². The van der Waals surface area contributed by atoms with Crippen LogP contribution < -0.4 is 10.9 Å². The highest BCUT2D eigenvalue weighted by Gasteiger charge is 2.20. The molecule has 3 rings (SSSR count). The Morgan fingerprint density at radius 2 is 1.71 bits per heavy atom. The van der Waals surface area contributed by atoms with Gasteiger partial charge in [0.2, 0.25) is 0 Å². The zero-order valence-electron chi connectivity index (χ0n) is 17.5. The van der Waals surface area contributed by atoms with Crippen LogP contribution in [0.15, 0.2) is 69.9 Å². The second-order valence-corrected chi connectivity index (χ2v) is 8.13. The van der Waals surface area contributed by atoms with Crippen LogP contribution in [-0.2, 0) is 9.53 Å². The third-order valence-electron chi connectivity index (χ3n) is 4.95. The van der Waals surface area contributed by atoms with Crippen LogP contribution in [0.3, 0.4) is 0 Å². The van der Waals surface area contributed by atoms with Gasteiger partial charge in [-0.15, -0.1) is 0 Å². The van der Waals surface area contributed by atoms with Crippen LogP contribution in [0.1, 0.15) is 40.1 Å². The summed E-state index contributed by atoms with van der Waals surface area (Å²) >= 11 is 3.38. The number of amides is 1. The van der Waals surface area contributed by atoms with Gasteiger partial charge in [-0.1, -0.05) is 46.3 Å². The van der Waals surface area contributed by atoms with Gasteiger partial charge in [0.15, 0.2) is 6.61 Å².